The second-order valence-electron chi connectivity index (χ2n) is 5.04. The van der Waals surface area contributed by atoms with Crippen LogP contribution in [0.4, 0.5) is 0 Å². The molecule has 0 saturated heterocycles. The van der Waals surface area contributed by atoms with Crippen LogP contribution in [0.15, 0.2) is 29.4 Å². The maximum Gasteiger partial charge on any atom is 0.185 e. The number of benzene rings is 1. The lowest BCUT2D eigenvalue weighted by atomic mass is 10.1. The molecular weight excluding hydrogens is 274 g/mol. The van der Waals surface area contributed by atoms with Crippen molar-refractivity contribution in [1.82, 2.24) is 14.8 Å². The van der Waals surface area contributed by atoms with Gasteiger partial charge in [-0.2, -0.15) is 5.10 Å². The normalized spacial score (nSPS) is 14.4. The number of aryl methyl sites for hydroxylation is 3. The Morgan fingerprint density at radius 2 is 2.05 bits per heavy atom. The summed E-state index contributed by atoms with van der Waals surface area (Å²) in [6.07, 6.45) is 4.55. The SMILES string of the molecule is CCn1ncnc1CS(=O)(=O)c1ccc2c(c1)CCC2. The van der Waals surface area contributed by atoms with E-state index in [1.165, 1.54) is 17.5 Å². The molecule has 1 heterocycles. The molecule has 0 spiro atoms. The van der Waals surface area contributed by atoms with E-state index in [-0.39, 0.29) is 5.75 Å². The monoisotopic (exact) mass is 291 g/mol. The van der Waals surface area contributed by atoms with Crippen LogP contribution in [-0.2, 0) is 35.0 Å². The Morgan fingerprint density at radius 3 is 2.85 bits per heavy atom. The Bertz CT molecular complexity index is 735. The maximum absolute atomic E-state index is 12.5. The predicted octanol–water partition coefficient (Wildman–Crippen LogP) is 1.76. The molecule has 1 aliphatic carbocycles. The van der Waals surface area contributed by atoms with Crippen molar-refractivity contribution in [2.24, 2.45) is 0 Å². The number of hydrogen-bond donors (Lipinski definition) is 0. The summed E-state index contributed by atoms with van der Waals surface area (Å²) in [4.78, 5) is 4.44. The van der Waals surface area contributed by atoms with Crippen molar-refractivity contribution in [3.63, 3.8) is 0 Å². The van der Waals surface area contributed by atoms with Gasteiger partial charge in [0, 0.05) is 6.54 Å². The first-order valence-corrected chi connectivity index (χ1v) is 8.46. The maximum atomic E-state index is 12.5. The second-order valence-corrected chi connectivity index (χ2v) is 7.02. The number of fused-ring (bicyclic) bond motifs is 1. The van der Waals surface area contributed by atoms with Gasteiger partial charge in [0.25, 0.3) is 0 Å². The minimum atomic E-state index is -3.36. The zero-order chi connectivity index (χ0) is 14.2. The summed E-state index contributed by atoms with van der Waals surface area (Å²) >= 11 is 0. The summed E-state index contributed by atoms with van der Waals surface area (Å²) in [6, 6.07) is 5.48. The molecule has 3 rings (SSSR count). The Balaban J connectivity index is 1.92. The van der Waals surface area contributed by atoms with Gasteiger partial charge in [0.2, 0.25) is 0 Å². The van der Waals surface area contributed by atoms with E-state index in [1.54, 1.807) is 10.7 Å². The van der Waals surface area contributed by atoms with E-state index in [2.05, 4.69) is 10.1 Å². The van der Waals surface area contributed by atoms with Crippen LogP contribution in [0.25, 0.3) is 0 Å². The van der Waals surface area contributed by atoms with Crippen LogP contribution in [0.2, 0.25) is 0 Å². The molecule has 106 valence electrons. The molecule has 1 aliphatic rings. The second kappa shape index (κ2) is 5.01. The predicted molar refractivity (Wildman–Crippen MR) is 75.1 cm³/mol. The van der Waals surface area contributed by atoms with Crippen molar-refractivity contribution in [2.75, 3.05) is 0 Å². The number of rotatable bonds is 4. The van der Waals surface area contributed by atoms with Gasteiger partial charge in [-0.1, -0.05) is 6.07 Å². The zero-order valence-electron chi connectivity index (χ0n) is 11.4. The average Bonchev–Trinajstić information content (AvgIpc) is 3.05. The van der Waals surface area contributed by atoms with Gasteiger partial charge in [-0.05, 0) is 49.4 Å². The summed E-state index contributed by atoms with van der Waals surface area (Å²) in [6.45, 7) is 2.54. The molecule has 20 heavy (non-hydrogen) atoms. The highest BCUT2D eigenvalue weighted by Gasteiger charge is 2.21. The first-order chi connectivity index (χ1) is 9.60. The lowest BCUT2D eigenvalue weighted by molar-refractivity contribution is 0.584. The van der Waals surface area contributed by atoms with Crippen LogP contribution in [0.3, 0.4) is 0 Å². The van der Waals surface area contributed by atoms with E-state index in [1.807, 2.05) is 19.1 Å². The van der Waals surface area contributed by atoms with Crippen LogP contribution in [0.5, 0.6) is 0 Å². The molecule has 0 unspecified atom stereocenters. The lowest BCUT2D eigenvalue weighted by Gasteiger charge is -2.07. The van der Waals surface area contributed by atoms with Crippen LogP contribution in [-0.4, -0.2) is 23.2 Å². The Morgan fingerprint density at radius 1 is 1.25 bits per heavy atom. The van der Waals surface area contributed by atoms with Crippen molar-refractivity contribution < 1.29 is 8.42 Å². The molecule has 0 aliphatic heterocycles. The molecule has 6 heteroatoms. The highest BCUT2D eigenvalue weighted by atomic mass is 32.2. The summed E-state index contributed by atoms with van der Waals surface area (Å²) < 4.78 is 26.6. The van der Waals surface area contributed by atoms with Gasteiger partial charge in [0.15, 0.2) is 9.84 Å². The number of hydrogen-bond acceptors (Lipinski definition) is 4. The Hall–Kier alpha value is -1.69. The van der Waals surface area contributed by atoms with Crippen molar-refractivity contribution in [3.8, 4) is 0 Å². The highest BCUT2D eigenvalue weighted by Crippen LogP contribution is 2.26. The molecule has 0 atom stereocenters. The van der Waals surface area contributed by atoms with Gasteiger partial charge in [-0.3, -0.25) is 0 Å². The van der Waals surface area contributed by atoms with E-state index in [9.17, 15) is 8.42 Å². The minimum absolute atomic E-state index is 0.0976. The molecule has 0 fully saturated rings. The van der Waals surface area contributed by atoms with Crippen molar-refractivity contribution >= 4 is 9.84 Å². The van der Waals surface area contributed by atoms with Gasteiger partial charge < -0.3 is 0 Å². The van der Waals surface area contributed by atoms with E-state index in [0.717, 1.165) is 19.3 Å². The molecule has 1 aromatic heterocycles. The average molecular weight is 291 g/mol. The zero-order valence-corrected chi connectivity index (χ0v) is 12.2. The largest absolute Gasteiger partial charge is 0.249 e. The van der Waals surface area contributed by atoms with Crippen molar-refractivity contribution in [2.45, 2.75) is 43.4 Å². The number of nitrogens with zero attached hydrogens (tertiary/aromatic N) is 3. The van der Waals surface area contributed by atoms with Gasteiger partial charge in [0.05, 0.1) is 4.90 Å². The first-order valence-electron chi connectivity index (χ1n) is 6.81. The fourth-order valence-electron chi connectivity index (χ4n) is 2.66. The van der Waals surface area contributed by atoms with Gasteiger partial charge in [0.1, 0.15) is 17.9 Å². The molecule has 0 amide bonds. The molecule has 0 bridgehead atoms. The summed E-state index contributed by atoms with van der Waals surface area (Å²) in [5.41, 5.74) is 2.45. The van der Waals surface area contributed by atoms with Crippen LogP contribution < -0.4 is 0 Å². The molecule has 2 aromatic rings. The molecule has 1 aromatic carbocycles. The van der Waals surface area contributed by atoms with E-state index < -0.39 is 9.84 Å². The van der Waals surface area contributed by atoms with Crippen molar-refractivity contribution in [3.05, 3.63) is 41.5 Å². The van der Waals surface area contributed by atoms with Crippen molar-refractivity contribution in [1.29, 1.82) is 0 Å². The van der Waals surface area contributed by atoms with E-state index >= 15 is 0 Å². The minimum Gasteiger partial charge on any atom is -0.249 e. The van der Waals surface area contributed by atoms with Crippen LogP contribution in [0.1, 0.15) is 30.3 Å². The number of sulfone groups is 1. The van der Waals surface area contributed by atoms with Crippen LogP contribution >= 0.6 is 0 Å². The molecule has 0 N–H and O–H groups in total. The summed E-state index contributed by atoms with van der Waals surface area (Å²) in [5.74, 6) is 0.396. The first kappa shape index (κ1) is 13.3. The van der Waals surface area contributed by atoms with Gasteiger partial charge >= 0.3 is 0 Å². The Kier molecular flexibility index (Phi) is 3.33. The van der Waals surface area contributed by atoms with Gasteiger partial charge in [-0.15, -0.1) is 0 Å². The molecule has 5 nitrogen and oxygen atoms in total. The molecular formula is C14H17N3O2S. The van der Waals surface area contributed by atoms with E-state index in [0.29, 0.717) is 17.3 Å². The van der Waals surface area contributed by atoms with E-state index in [4.69, 9.17) is 0 Å². The summed E-state index contributed by atoms with van der Waals surface area (Å²) in [5, 5.41) is 4.01. The lowest BCUT2D eigenvalue weighted by Crippen LogP contribution is -2.11. The fourth-order valence-corrected chi connectivity index (χ4v) is 3.99. The fraction of sp³-hybridized carbons (Fsp3) is 0.429. The summed E-state index contributed by atoms with van der Waals surface area (Å²) in [7, 11) is -3.36. The van der Waals surface area contributed by atoms with Gasteiger partial charge in [-0.25, -0.2) is 18.1 Å². The smallest absolute Gasteiger partial charge is 0.185 e. The quantitative estimate of drug-likeness (QED) is 0.861. The molecule has 0 saturated carbocycles. The highest BCUT2D eigenvalue weighted by molar-refractivity contribution is 7.90. The number of aromatic nitrogens is 3. The third kappa shape index (κ3) is 2.35. The topological polar surface area (TPSA) is 64.8 Å². The standard InChI is InChI=1S/C14H17N3O2S/c1-2-17-14(15-10-16-17)9-20(18,19)13-7-6-11-4-3-5-12(11)8-13/h6-8,10H,2-5,9H2,1H3. The molecule has 0 radical (unpaired) electrons. The van der Waals surface area contributed by atoms with Crippen LogP contribution in [0, 0.1) is 0 Å². The Labute approximate surface area is 118 Å². The third-order valence-corrected chi connectivity index (χ3v) is 5.35. The third-order valence-electron chi connectivity index (χ3n) is 3.74.